The summed E-state index contributed by atoms with van der Waals surface area (Å²) >= 11 is 1.58. The van der Waals surface area contributed by atoms with Crippen molar-refractivity contribution in [3.63, 3.8) is 0 Å². The van der Waals surface area contributed by atoms with Crippen molar-refractivity contribution in [1.29, 1.82) is 0 Å². The number of amidine groups is 1. The number of hydrogen-bond donors (Lipinski definition) is 1. The fourth-order valence-electron chi connectivity index (χ4n) is 2.78. The molecule has 3 aromatic rings. The summed E-state index contributed by atoms with van der Waals surface area (Å²) < 4.78 is 5.20. The highest BCUT2D eigenvalue weighted by atomic mass is 32.2. The van der Waals surface area contributed by atoms with E-state index >= 15 is 0 Å². The van der Waals surface area contributed by atoms with E-state index in [1.165, 1.54) is 0 Å². The van der Waals surface area contributed by atoms with Crippen LogP contribution in [0, 0.1) is 0 Å². The van der Waals surface area contributed by atoms with E-state index < -0.39 is 0 Å². The smallest absolute Gasteiger partial charge is 0.281 e. The minimum Gasteiger partial charge on any atom is -0.497 e. The number of rotatable bonds is 3. The number of aliphatic imine (C=N–C) groups is 1. The summed E-state index contributed by atoms with van der Waals surface area (Å²) in [4.78, 5) is 26.3. The lowest BCUT2D eigenvalue weighted by atomic mass is 10.2. The Morgan fingerprint density at radius 1 is 1.32 bits per heavy atom. The molecule has 1 aliphatic heterocycles. The molecular weight excluding hydrogens is 336 g/mol. The molecule has 0 bridgehead atoms. The molecule has 1 aromatic carbocycles. The van der Waals surface area contributed by atoms with Crippen molar-refractivity contribution >= 4 is 39.6 Å². The number of hydrogen-bond acceptors (Lipinski definition) is 4. The van der Waals surface area contributed by atoms with Gasteiger partial charge in [-0.15, -0.1) is 0 Å². The van der Waals surface area contributed by atoms with Crippen molar-refractivity contribution in [1.82, 2.24) is 9.97 Å². The number of H-pyrrole nitrogens is 1. The number of aromatic nitrogens is 2. The van der Waals surface area contributed by atoms with Crippen LogP contribution in [-0.4, -0.2) is 40.5 Å². The van der Waals surface area contributed by atoms with Crippen molar-refractivity contribution in [2.75, 3.05) is 24.3 Å². The SMILES string of the molecule is COc1ccc(N2CCSC2=NC(=O)c2c[nH]c3ncccc23)cc1. The molecule has 25 heavy (non-hydrogen) atoms. The maximum atomic E-state index is 12.7. The lowest BCUT2D eigenvalue weighted by molar-refractivity contribution is 0.100. The van der Waals surface area contributed by atoms with Gasteiger partial charge in [-0.3, -0.25) is 4.79 Å². The normalized spacial score (nSPS) is 15.9. The lowest BCUT2D eigenvalue weighted by Crippen LogP contribution is -2.24. The number of amides is 1. The molecule has 1 fully saturated rings. The van der Waals surface area contributed by atoms with Gasteiger partial charge in [-0.05, 0) is 36.4 Å². The van der Waals surface area contributed by atoms with E-state index in [1.807, 2.05) is 36.4 Å². The third-order valence-electron chi connectivity index (χ3n) is 4.04. The van der Waals surface area contributed by atoms with E-state index in [0.29, 0.717) is 16.4 Å². The fourth-order valence-corrected chi connectivity index (χ4v) is 3.73. The van der Waals surface area contributed by atoms with Crippen LogP contribution in [0.5, 0.6) is 5.75 Å². The van der Waals surface area contributed by atoms with Crippen LogP contribution < -0.4 is 9.64 Å². The Morgan fingerprint density at radius 2 is 2.16 bits per heavy atom. The number of pyridine rings is 1. The van der Waals surface area contributed by atoms with Crippen LogP contribution >= 0.6 is 11.8 Å². The molecule has 1 amide bonds. The molecule has 1 aliphatic rings. The minimum absolute atomic E-state index is 0.262. The number of nitrogens with one attached hydrogen (secondary N) is 1. The van der Waals surface area contributed by atoms with Crippen molar-refractivity contribution in [2.45, 2.75) is 0 Å². The van der Waals surface area contributed by atoms with Gasteiger partial charge in [-0.25, -0.2) is 4.98 Å². The Bertz CT molecular complexity index is 949. The number of methoxy groups -OCH3 is 1. The van der Waals surface area contributed by atoms with Gasteiger partial charge in [0.05, 0.1) is 12.7 Å². The van der Waals surface area contributed by atoms with Crippen LogP contribution in [0.25, 0.3) is 11.0 Å². The van der Waals surface area contributed by atoms with Gasteiger partial charge >= 0.3 is 0 Å². The topological polar surface area (TPSA) is 70.6 Å². The Labute approximate surface area is 148 Å². The summed E-state index contributed by atoms with van der Waals surface area (Å²) in [5, 5.41) is 1.50. The van der Waals surface area contributed by atoms with E-state index in [9.17, 15) is 4.79 Å². The van der Waals surface area contributed by atoms with E-state index in [2.05, 4.69) is 19.9 Å². The second-order valence-electron chi connectivity index (χ2n) is 5.50. The van der Waals surface area contributed by atoms with Gasteiger partial charge in [0.25, 0.3) is 5.91 Å². The quantitative estimate of drug-likeness (QED) is 0.783. The average Bonchev–Trinajstić information content (AvgIpc) is 3.28. The van der Waals surface area contributed by atoms with Crippen molar-refractivity contribution in [3.05, 3.63) is 54.4 Å². The van der Waals surface area contributed by atoms with Gasteiger partial charge in [0, 0.05) is 35.8 Å². The first-order chi connectivity index (χ1) is 12.3. The van der Waals surface area contributed by atoms with Crippen LogP contribution in [0.3, 0.4) is 0 Å². The van der Waals surface area contributed by atoms with Gasteiger partial charge in [0.2, 0.25) is 0 Å². The third kappa shape index (κ3) is 2.98. The highest BCUT2D eigenvalue weighted by Crippen LogP contribution is 2.28. The van der Waals surface area contributed by atoms with Crippen LogP contribution in [0.15, 0.2) is 53.8 Å². The number of benzene rings is 1. The zero-order valence-corrected chi connectivity index (χ0v) is 14.4. The van der Waals surface area contributed by atoms with Gasteiger partial charge in [0.1, 0.15) is 11.4 Å². The Hall–Kier alpha value is -2.80. The predicted octanol–water partition coefficient (Wildman–Crippen LogP) is 3.32. The number of thioether (sulfide) groups is 1. The molecular formula is C18H16N4O2S. The molecule has 3 heterocycles. The van der Waals surface area contributed by atoms with Crippen molar-refractivity contribution in [2.24, 2.45) is 4.99 Å². The molecule has 1 saturated heterocycles. The average molecular weight is 352 g/mol. The maximum Gasteiger partial charge on any atom is 0.281 e. The van der Waals surface area contributed by atoms with Crippen LogP contribution in [0.4, 0.5) is 5.69 Å². The van der Waals surface area contributed by atoms with Crippen LogP contribution in [0.1, 0.15) is 10.4 Å². The molecule has 6 nitrogen and oxygen atoms in total. The number of fused-ring (bicyclic) bond motifs is 1. The zero-order valence-electron chi connectivity index (χ0n) is 13.6. The first-order valence-electron chi connectivity index (χ1n) is 7.86. The number of ether oxygens (including phenoxy) is 1. The summed E-state index contributed by atoms with van der Waals surface area (Å²) in [5.74, 6) is 1.44. The number of anilines is 1. The maximum absolute atomic E-state index is 12.7. The first kappa shape index (κ1) is 15.7. The molecule has 2 aromatic heterocycles. The molecule has 0 unspecified atom stereocenters. The number of carbonyl (C=O) groups excluding carboxylic acids is 1. The molecule has 0 saturated carbocycles. The van der Waals surface area contributed by atoms with Gasteiger partial charge in [0.15, 0.2) is 5.17 Å². The molecule has 0 atom stereocenters. The van der Waals surface area contributed by atoms with Gasteiger partial charge < -0.3 is 14.6 Å². The monoisotopic (exact) mass is 352 g/mol. The number of carbonyl (C=O) groups is 1. The summed E-state index contributed by atoms with van der Waals surface area (Å²) in [6, 6.07) is 11.4. The molecule has 4 rings (SSSR count). The van der Waals surface area contributed by atoms with Crippen molar-refractivity contribution in [3.8, 4) is 5.75 Å². The summed E-state index contributed by atoms with van der Waals surface area (Å²) in [6.45, 7) is 0.818. The Balaban J connectivity index is 1.63. The summed E-state index contributed by atoms with van der Waals surface area (Å²) in [7, 11) is 1.64. The minimum atomic E-state index is -0.262. The third-order valence-corrected chi connectivity index (χ3v) is 5.00. The Morgan fingerprint density at radius 3 is 2.96 bits per heavy atom. The van der Waals surface area contributed by atoms with E-state index in [1.54, 1.807) is 31.3 Å². The lowest BCUT2D eigenvalue weighted by Gasteiger charge is -2.17. The second-order valence-corrected chi connectivity index (χ2v) is 6.56. The van der Waals surface area contributed by atoms with Crippen LogP contribution in [-0.2, 0) is 0 Å². The van der Waals surface area contributed by atoms with E-state index in [0.717, 1.165) is 29.1 Å². The molecule has 0 spiro atoms. The van der Waals surface area contributed by atoms with Crippen LogP contribution in [0.2, 0.25) is 0 Å². The largest absolute Gasteiger partial charge is 0.497 e. The molecule has 126 valence electrons. The number of aromatic amines is 1. The predicted molar refractivity (Wildman–Crippen MR) is 101 cm³/mol. The number of nitrogens with zero attached hydrogens (tertiary/aromatic N) is 3. The molecule has 0 aliphatic carbocycles. The highest BCUT2D eigenvalue weighted by molar-refractivity contribution is 8.14. The van der Waals surface area contributed by atoms with Gasteiger partial charge in [-0.2, -0.15) is 4.99 Å². The zero-order chi connectivity index (χ0) is 17.2. The van der Waals surface area contributed by atoms with Gasteiger partial charge in [-0.1, -0.05) is 11.8 Å². The second kappa shape index (κ2) is 6.60. The molecule has 0 radical (unpaired) electrons. The molecule has 7 heteroatoms. The van der Waals surface area contributed by atoms with E-state index in [-0.39, 0.29) is 5.91 Å². The first-order valence-corrected chi connectivity index (χ1v) is 8.84. The highest BCUT2D eigenvalue weighted by Gasteiger charge is 2.23. The standard InChI is InChI=1S/C18H16N4O2S/c1-24-13-6-4-12(5-7-13)22-9-10-25-18(22)21-17(23)15-11-20-16-14(15)3-2-8-19-16/h2-8,11H,9-10H2,1H3,(H,19,20). The fraction of sp³-hybridized carbons (Fsp3) is 0.167. The summed E-state index contributed by atoms with van der Waals surface area (Å²) in [6.07, 6.45) is 3.36. The Kier molecular flexibility index (Phi) is 4.15. The molecule has 1 N–H and O–H groups in total. The van der Waals surface area contributed by atoms with E-state index in [4.69, 9.17) is 4.74 Å². The van der Waals surface area contributed by atoms with Crippen molar-refractivity contribution < 1.29 is 9.53 Å². The summed E-state index contributed by atoms with van der Waals surface area (Å²) in [5.41, 5.74) is 2.23.